The molecule has 1 aliphatic rings. The molecule has 1 amide bonds. The SMILES string of the molecule is CN(CC(=O)NC(c1ccccc1)C1CC1)S(=O)(=O)c1cccc([N+](=O)[O-])c1. The third-order valence-electron chi connectivity index (χ3n) is 4.67. The Balaban J connectivity index is 1.71. The van der Waals surface area contributed by atoms with Crippen molar-refractivity contribution in [1.29, 1.82) is 0 Å². The number of amides is 1. The van der Waals surface area contributed by atoms with Crippen LogP contribution in [0.1, 0.15) is 24.4 Å². The van der Waals surface area contributed by atoms with E-state index in [2.05, 4.69) is 5.32 Å². The number of carbonyl (C=O) groups is 1. The Morgan fingerprint density at radius 3 is 2.50 bits per heavy atom. The Bertz CT molecular complexity index is 974. The van der Waals surface area contributed by atoms with Crippen LogP contribution in [0.3, 0.4) is 0 Å². The summed E-state index contributed by atoms with van der Waals surface area (Å²) in [7, 11) is -2.75. The molecule has 1 saturated carbocycles. The van der Waals surface area contributed by atoms with Gasteiger partial charge in [-0.05, 0) is 30.4 Å². The molecule has 8 nitrogen and oxygen atoms in total. The van der Waals surface area contributed by atoms with Crippen LogP contribution in [-0.4, -0.2) is 37.1 Å². The summed E-state index contributed by atoms with van der Waals surface area (Å²) in [5.41, 5.74) is 0.666. The fourth-order valence-corrected chi connectivity index (χ4v) is 4.17. The van der Waals surface area contributed by atoms with Gasteiger partial charge in [-0.15, -0.1) is 0 Å². The number of nitrogens with one attached hydrogen (secondary N) is 1. The number of hydrogen-bond donors (Lipinski definition) is 1. The summed E-state index contributed by atoms with van der Waals surface area (Å²) < 4.78 is 26.2. The fourth-order valence-electron chi connectivity index (χ4n) is 3.01. The van der Waals surface area contributed by atoms with Crippen molar-refractivity contribution in [3.05, 3.63) is 70.3 Å². The van der Waals surface area contributed by atoms with Gasteiger partial charge in [0.05, 0.1) is 22.4 Å². The van der Waals surface area contributed by atoms with Crippen LogP contribution in [0.4, 0.5) is 5.69 Å². The highest BCUT2D eigenvalue weighted by Crippen LogP contribution is 2.40. The Morgan fingerprint density at radius 1 is 1.21 bits per heavy atom. The predicted octanol–water partition coefficient (Wildman–Crippen LogP) is 2.48. The van der Waals surface area contributed by atoms with Gasteiger partial charge in [-0.3, -0.25) is 14.9 Å². The van der Waals surface area contributed by atoms with Crippen molar-refractivity contribution >= 4 is 21.6 Å². The zero-order chi connectivity index (χ0) is 20.3. The molecule has 0 radical (unpaired) electrons. The lowest BCUT2D eigenvalue weighted by Crippen LogP contribution is -2.40. The first-order valence-electron chi connectivity index (χ1n) is 8.84. The summed E-state index contributed by atoms with van der Waals surface area (Å²) in [6, 6.07) is 14.2. The van der Waals surface area contributed by atoms with Crippen molar-refractivity contribution in [2.45, 2.75) is 23.8 Å². The van der Waals surface area contributed by atoms with E-state index in [1.54, 1.807) is 0 Å². The summed E-state index contributed by atoms with van der Waals surface area (Å²) in [6.45, 7) is -0.374. The number of nitro benzene ring substituents is 1. The maximum absolute atomic E-state index is 12.7. The molecule has 0 saturated heterocycles. The topological polar surface area (TPSA) is 110 Å². The molecule has 148 valence electrons. The number of rotatable bonds is 8. The number of benzene rings is 2. The summed E-state index contributed by atoms with van der Waals surface area (Å²) in [5.74, 6) is -0.0673. The first kappa shape index (κ1) is 20.0. The Morgan fingerprint density at radius 2 is 1.89 bits per heavy atom. The molecule has 28 heavy (non-hydrogen) atoms. The van der Waals surface area contributed by atoms with E-state index in [1.807, 2.05) is 30.3 Å². The molecular formula is C19H21N3O5S. The zero-order valence-corrected chi connectivity index (χ0v) is 16.1. The first-order chi connectivity index (χ1) is 13.3. The molecule has 1 unspecified atom stereocenters. The molecule has 0 aliphatic heterocycles. The van der Waals surface area contributed by atoms with Gasteiger partial charge in [0, 0.05) is 19.2 Å². The van der Waals surface area contributed by atoms with Crippen molar-refractivity contribution < 1.29 is 18.1 Å². The van der Waals surface area contributed by atoms with E-state index in [4.69, 9.17) is 0 Å². The third-order valence-corrected chi connectivity index (χ3v) is 6.47. The van der Waals surface area contributed by atoms with Crippen LogP contribution in [0.2, 0.25) is 0 Å². The van der Waals surface area contributed by atoms with Gasteiger partial charge >= 0.3 is 0 Å². The van der Waals surface area contributed by atoms with Gasteiger partial charge in [0.2, 0.25) is 15.9 Å². The van der Waals surface area contributed by atoms with Crippen molar-refractivity contribution in [2.75, 3.05) is 13.6 Å². The second-order valence-corrected chi connectivity index (χ2v) is 8.85. The maximum atomic E-state index is 12.7. The molecule has 0 spiro atoms. The molecule has 0 bridgehead atoms. The standard InChI is InChI=1S/C19H21N3O5S/c1-21(28(26,27)17-9-5-8-16(12-17)22(24)25)13-18(23)20-19(15-10-11-15)14-6-3-2-4-7-14/h2-9,12,15,19H,10-11,13H2,1H3,(H,20,23). The second kappa shape index (κ2) is 8.07. The van der Waals surface area contributed by atoms with Crippen molar-refractivity contribution in [2.24, 2.45) is 5.92 Å². The first-order valence-corrected chi connectivity index (χ1v) is 10.3. The predicted molar refractivity (Wildman–Crippen MR) is 103 cm³/mol. The van der Waals surface area contributed by atoms with Crippen LogP contribution >= 0.6 is 0 Å². The highest BCUT2D eigenvalue weighted by molar-refractivity contribution is 7.89. The van der Waals surface area contributed by atoms with E-state index >= 15 is 0 Å². The number of carbonyl (C=O) groups excluding carboxylic acids is 1. The smallest absolute Gasteiger partial charge is 0.270 e. The van der Waals surface area contributed by atoms with E-state index in [9.17, 15) is 23.3 Å². The normalized spacial score (nSPS) is 15.2. The molecule has 2 aromatic rings. The lowest BCUT2D eigenvalue weighted by molar-refractivity contribution is -0.385. The largest absolute Gasteiger partial charge is 0.348 e. The summed E-state index contributed by atoms with van der Waals surface area (Å²) in [5, 5.41) is 13.8. The molecule has 1 atom stereocenters. The molecule has 0 heterocycles. The van der Waals surface area contributed by atoms with Gasteiger partial charge in [0.1, 0.15) is 0 Å². The molecule has 0 aromatic heterocycles. The van der Waals surface area contributed by atoms with E-state index < -0.39 is 20.9 Å². The maximum Gasteiger partial charge on any atom is 0.270 e. The minimum absolute atomic E-state index is 0.150. The monoisotopic (exact) mass is 403 g/mol. The number of nitro groups is 1. The number of nitrogens with zero attached hydrogens (tertiary/aromatic N) is 2. The van der Waals surface area contributed by atoms with Crippen molar-refractivity contribution in [3.8, 4) is 0 Å². The Hall–Kier alpha value is -2.78. The summed E-state index contributed by atoms with van der Waals surface area (Å²) >= 11 is 0. The molecule has 1 N–H and O–H groups in total. The van der Waals surface area contributed by atoms with E-state index in [0.29, 0.717) is 5.92 Å². The molecule has 9 heteroatoms. The van der Waals surface area contributed by atoms with Gasteiger partial charge in [-0.1, -0.05) is 36.4 Å². The number of hydrogen-bond acceptors (Lipinski definition) is 5. The molecule has 1 fully saturated rings. The summed E-state index contributed by atoms with van der Waals surface area (Å²) in [4.78, 5) is 22.5. The van der Waals surface area contributed by atoms with Crippen LogP contribution in [0, 0.1) is 16.0 Å². The van der Waals surface area contributed by atoms with Crippen LogP contribution in [0.25, 0.3) is 0 Å². The number of non-ortho nitro benzene ring substituents is 1. The van der Waals surface area contributed by atoms with Gasteiger partial charge in [0.25, 0.3) is 5.69 Å². The van der Waals surface area contributed by atoms with Gasteiger partial charge in [-0.25, -0.2) is 8.42 Å². The quantitative estimate of drug-likeness (QED) is 0.538. The Kier molecular flexibility index (Phi) is 5.76. The average Bonchev–Trinajstić information content (AvgIpc) is 3.52. The van der Waals surface area contributed by atoms with Gasteiger partial charge in [0.15, 0.2) is 0 Å². The zero-order valence-electron chi connectivity index (χ0n) is 15.3. The minimum Gasteiger partial charge on any atom is -0.348 e. The molecule has 2 aromatic carbocycles. The third kappa shape index (κ3) is 4.55. The van der Waals surface area contributed by atoms with Crippen LogP contribution < -0.4 is 5.32 Å². The van der Waals surface area contributed by atoms with Crippen molar-refractivity contribution in [3.63, 3.8) is 0 Å². The van der Waals surface area contributed by atoms with Crippen LogP contribution in [0.15, 0.2) is 59.5 Å². The second-order valence-electron chi connectivity index (χ2n) is 6.81. The van der Waals surface area contributed by atoms with E-state index in [1.165, 1.54) is 25.2 Å². The highest BCUT2D eigenvalue weighted by atomic mass is 32.2. The average molecular weight is 403 g/mol. The van der Waals surface area contributed by atoms with E-state index in [0.717, 1.165) is 28.8 Å². The molecule has 1 aliphatic carbocycles. The molecule has 3 rings (SSSR count). The minimum atomic E-state index is -4.03. The van der Waals surface area contributed by atoms with Crippen molar-refractivity contribution in [1.82, 2.24) is 9.62 Å². The van der Waals surface area contributed by atoms with Gasteiger partial charge < -0.3 is 5.32 Å². The van der Waals surface area contributed by atoms with Crippen LogP contribution in [0.5, 0.6) is 0 Å². The van der Waals surface area contributed by atoms with Gasteiger partial charge in [-0.2, -0.15) is 4.31 Å². The lowest BCUT2D eigenvalue weighted by atomic mass is 10.0. The van der Waals surface area contributed by atoms with Crippen LogP contribution in [-0.2, 0) is 14.8 Å². The number of sulfonamides is 1. The van der Waals surface area contributed by atoms with E-state index in [-0.39, 0.29) is 23.2 Å². The number of likely N-dealkylation sites (N-methyl/N-ethyl adjacent to an activating group) is 1. The Labute approximate surface area is 163 Å². The highest BCUT2D eigenvalue weighted by Gasteiger charge is 2.34. The molecular weight excluding hydrogens is 382 g/mol. The lowest BCUT2D eigenvalue weighted by Gasteiger charge is -2.21. The summed E-state index contributed by atoms with van der Waals surface area (Å²) in [6.07, 6.45) is 2.03. The fraction of sp³-hybridized carbons (Fsp3) is 0.316.